The Balaban J connectivity index is 2.48. The van der Waals surface area contributed by atoms with Crippen LogP contribution in [0.5, 0.6) is 0 Å². The number of hydrogen-bond acceptors (Lipinski definition) is 4. The molecular formula is C11H14N4O2S. The van der Waals surface area contributed by atoms with Gasteiger partial charge in [0.05, 0.1) is 16.8 Å². The lowest BCUT2D eigenvalue weighted by molar-refractivity contribution is 0.600. The fourth-order valence-electron chi connectivity index (χ4n) is 1.65. The maximum Gasteiger partial charge on any atom is 0.262 e. The molecule has 0 saturated heterocycles. The summed E-state index contributed by atoms with van der Waals surface area (Å²) in [5, 5.41) is 6.22. The van der Waals surface area contributed by atoms with Crippen LogP contribution in [0, 0.1) is 13.8 Å². The van der Waals surface area contributed by atoms with Crippen molar-refractivity contribution in [3.63, 3.8) is 0 Å². The fraction of sp³-hybridized carbons (Fsp3) is 0.182. The molecule has 1 aromatic carbocycles. The van der Waals surface area contributed by atoms with Crippen LogP contribution in [0.2, 0.25) is 0 Å². The minimum absolute atomic E-state index is 0.182. The van der Waals surface area contributed by atoms with Crippen molar-refractivity contribution in [3.8, 4) is 0 Å². The van der Waals surface area contributed by atoms with E-state index in [9.17, 15) is 8.42 Å². The minimum Gasteiger partial charge on any atom is -0.399 e. The van der Waals surface area contributed by atoms with E-state index < -0.39 is 10.0 Å². The largest absolute Gasteiger partial charge is 0.399 e. The second-order valence-electron chi connectivity index (χ2n) is 4.05. The number of aromatic amines is 1. The number of anilines is 2. The third-order valence-corrected chi connectivity index (χ3v) is 4.19. The summed E-state index contributed by atoms with van der Waals surface area (Å²) in [5.41, 5.74) is 8.01. The molecule has 0 aliphatic heterocycles. The van der Waals surface area contributed by atoms with Crippen LogP contribution in [-0.4, -0.2) is 18.6 Å². The van der Waals surface area contributed by atoms with Crippen LogP contribution < -0.4 is 10.5 Å². The van der Waals surface area contributed by atoms with Gasteiger partial charge < -0.3 is 5.73 Å². The van der Waals surface area contributed by atoms with E-state index in [2.05, 4.69) is 14.9 Å². The molecule has 4 N–H and O–H groups in total. The number of H-pyrrole nitrogens is 1. The molecule has 0 unspecified atom stereocenters. The molecule has 0 aliphatic carbocycles. The van der Waals surface area contributed by atoms with E-state index in [1.165, 1.54) is 18.5 Å². The van der Waals surface area contributed by atoms with E-state index in [0.717, 1.165) is 5.56 Å². The number of rotatable bonds is 3. The predicted molar refractivity (Wildman–Crippen MR) is 69.7 cm³/mol. The van der Waals surface area contributed by atoms with Gasteiger partial charge in [0.25, 0.3) is 10.0 Å². The van der Waals surface area contributed by atoms with Gasteiger partial charge in [-0.1, -0.05) is 0 Å². The molecule has 1 heterocycles. The van der Waals surface area contributed by atoms with Gasteiger partial charge in [-0.3, -0.25) is 9.82 Å². The predicted octanol–water partition coefficient (Wildman–Crippen LogP) is 1.41. The molecule has 1 aromatic heterocycles. The number of aryl methyl sites for hydroxylation is 1. The quantitative estimate of drug-likeness (QED) is 0.731. The third-order valence-electron chi connectivity index (χ3n) is 2.68. The Kier molecular flexibility index (Phi) is 3.00. The fourth-order valence-corrected chi connectivity index (χ4v) is 3.04. The first-order valence-electron chi connectivity index (χ1n) is 5.28. The molecule has 0 atom stereocenters. The molecule has 0 saturated carbocycles. The average Bonchev–Trinajstić information content (AvgIpc) is 2.75. The Morgan fingerprint density at radius 1 is 1.33 bits per heavy atom. The number of nitrogens with zero attached hydrogens (tertiary/aromatic N) is 1. The summed E-state index contributed by atoms with van der Waals surface area (Å²) in [6.07, 6.45) is 2.86. The Morgan fingerprint density at radius 2 is 2.06 bits per heavy atom. The van der Waals surface area contributed by atoms with E-state index >= 15 is 0 Å². The molecule has 0 fully saturated rings. The highest BCUT2D eigenvalue weighted by molar-refractivity contribution is 7.92. The van der Waals surface area contributed by atoms with Crippen LogP contribution in [-0.2, 0) is 10.0 Å². The van der Waals surface area contributed by atoms with Crippen LogP contribution in [0.1, 0.15) is 11.1 Å². The second-order valence-corrected chi connectivity index (χ2v) is 5.70. The Hall–Kier alpha value is -2.02. The van der Waals surface area contributed by atoms with Gasteiger partial charge in [0.2, 0.25) is 0 Å². The SMILES string of the molecule is Cc1cc(N)cc(S(=O)(=O)Nc2cn[nH]c2)c1C. The van der Waals surface area contributed by atoms with Crippen LogP contribution in [0.15, 0.2) is 29.4 Å². The molecule has 7 heteroatoms. The summed E-state index contributed by atoms with van der Waals surface area (Å²) in [4.78, 5) is 0.182. The number of nitrogens with one attached hydrogen (secondary N) is 2. The molecule has 2 rings (SSSR count). The zero-order valence-electron chi connectivity index (χ0n) is 10.1. The molecule has 2 aromatic rings. The Labute approximate surface area is 105 Å². The summed E-state index contributed by atoms with van der Waals surface area (Å²) in [5.74, 6) is 0. The molecule has 6 nitrogen and oxygen atoms in total. The summed E-state index contributed by atoms with van der Waals surface area (Å²) in [6, 6.07) is 3.19. The number of aromatic nitrogens is 2. The van der Waals surface area contributed by atoms with Crippen molar-refractivity contribution in [1.82, 2.24) is 10.2 Å². The maximum absolute atomic E-state index is 12.2. The van der Waals surface area contributed by atoms with Crippen molar-refractivity contribution in [2.75, 3.05) is 10.5 Å². The van der Waals surface area contributed by atoms with Gasteiger partial charge in [0, 0.05) is 11.9 Å². The molecule has 96 valence electrons. The van der Waals surface area contributed by atoms with Gasteiger partial charge >= 0.3 is 0 Å². The van der Waals surface area contributed by atoms with Crippen LogP contribution in [0.25, 0.3) is 0 Å². The molecule has 0 spiro atoms. The zero-order valence-corrected chi connectivity index (χ0v) is 10.9. The molecule has 0 amide bonds. The van der Waals surface area contributed by atoms with Crippen molar-refractivity contribution in [2.24, 2.45) is 0 Å². The van der Waals surface area contributed by atoms with Crippen molar-refractivity contribution < 1.29 is 8.42 Å². The summed E-state index contributed by atoms with van der Waals surface area (Å²) in [7, 11) is -3.65. The van der Waals surface area contributed by atoms with Gasteiger partial charge in [-0.25, -0.2) is 8.42 Å². The normalized spacial score (nSPS) is 11.4. The first kappa shape index (κ1) is 12.4. The van der Waals surface area contributed by atoms with E-state index in [4.69, 9.17) is 5.73 Å². The average molecular weight is 266 g/mol. The van der Waals surface area contributed by atoms with Crippen molar-refractivity contribution in [1.29, 1.82) is 0 Å². The molecule has 0 radical (unpaired) electrons. The summed E-state index contributed by atoms with van der Waals surface area (Å²) >= 11 is 0. The lowest BCUT2D eigenvalue weighted by atomic mass is 10.1. The number of nitrogens with two attached hydrogens (primary N) is 1. The summed E-state index contributed by atoms with van der Waals surface area (Å²) < 4.78 is 26.9. The number of sulfonamides is 1. The number of hydrogen-bond donors (Lipinski definition) is 3. The Bertz CT molecular complexity index is 663. The lowest BCUT2D eigenvalue weighted by Crippen LogP contribution is -2.14. The van der Waals surface area contributed by atoms with Crippen LogP contribution >= 0.6 is 0 Å². The van der Waals surface area contributed by atoms with Crippen molar-refractivity contribution in [2.45, 2.75) is 18.7 Å². The molecule has 18 heavy (non-hydrogen) atoms. The number of nitrogen functional groups attached to an aromatic ring is 1. The van der Waals surface area contributed by atoms with Crippen molar-refractivity contribution >= 4 is 21.4 Å². The molecule has 0 bridgehead atoms. The highest BCUT2D eigenvalue weighted by atomic mass is 32.2. The smallest absolute Gasteiger partial charge is 0.262 e. The Morgan fingerprint density at radius 3 is 2.67 bits per heavy atom. The van der Waals surface area contributed by atoms with E-state index in [1.807, 2.05) is 6.92 Å². The first-order valence-corrected chi connectivity index (χ1v) is 6.77. The highest BCUT2D eigenvalue weighted by Crippen LogP contribution is 2.24. The standard InChI is InChI=1S/C11H14N4O2S/c1-7-3-9(12)4-11(8(7)2)18(16,17)15-10-5-13-14-6-10/h3-6,15H,12H2,1-2H3,(H,13,14). The number of benzene rings is 1. The van der Waals surface area contributed by atoms with E-state index in [0.29, 0.717) is 16.9 Å². The lowest BCUT2D eigenvalue weighted by Gasteiger charge is -2.11. The monoisotopic (exact) mass is 266 g/mol. The minimum atomic E-state index is -3.65. The summed E-state index contributed by atoms with van der Waals surface area (Å²) in [6.45, 7) is 3.57. The van der Waals surface area contributed by atoms with Gasteiger partial charge in [0.1, 0.15) is 0 Å². The van der Waals surface area contributed by atoms with Gasteiger partial charge in [-0.15, -0.1) is 0 Å². The van der Waals surface area contributed by atoms with E-state index in [-0.39, 0.29) is 4.90 Å². The van der Waals surface area contributed by atoms with Gasteiger partial charge in [-0.2, -0.15) is 5.10 Å². The zero-order chi connectivity index (χ0) is 13.3. The van der Waals surface area contributed by atoms with Crippen LogP contribution in [0.4, 0.5) is 11.4 Å². The maximum atomic E-state index is 12.2. The van der Waals surface area contributed by atoms with E-state index in [1.54, 1.807) is 13.0 Å². The molecule has 0 aliphatic rings. The van der Waals surface area contributed by atoms with Gasteiger partial charge in [0.15, 0.2) is 0 Å². The van der Waals surface area contributed by atoms with Crippen molar-refractivity contribution in [3.05, 3.63) is 35.7 Å². The topological polar surface area (TPSA) is 101 Å². The highest BCUT2D eigenvalue weighted by Gasteiger charge is 2.19. The molecular weight excluding hydrogens is 252 g/mol. The first-order chi connectivity index (χ1) is 8.40. The van der Waals surface area contributed by atoms with Crippen LogP contribution in [0.3, 0.4) is 0 Å². The third kappa shape index (κ3) is 2.30. The second kappa shape index (κ2) is 4.34. The van der Waals surface area contributed by atoms with Gasteiger partial charge in [-0.05, 0) is 37.1 Å².